The number of rotatable bonds is 5. The SMILES string of the molecule is Cc1ccc2c(c1)-c1cc(CC(C)C)c([Si](C)(C)C)c[n+]1C21c2ccc3c(oc4ccccc43)c2-c2n(-c3c(-c4ccccc4)cccc3C(C)(C)C)c3ccccc3[n+]21. The van der Waals surface area contributed by atoms with Crippen LogP contribution in [-0.2, 0) is 17.5 Å². The summed E-state index contributed by atoms with van der Waals surface area (Å²) < 4.78 is 15.2. The lowest BCUT2D eigenvalue weighted by molar-refractivity contribution is -0.944. The van der Waals surface area contributed by atoms with Crippen molar-refractivity contribution >= 4 is 46.2 Å². The largest absolute Gasteiger partial charge is 0.455 e. The molecule has 296 valence electrons. The number of pyridine rings is 1. The summed E-state index contributed by atoms with van der Waals surface area (Å²) >= 11 is 0. The Morgan fingerprint density at radius 3 is 2.23 bits per heavy atom. The molecule has 0 aliphatic carbocycles. The van der Waals surface area contributed by atoms with E-state index in [1.165, 1.54) is 72.1 Å². The minimum absolute atomic E-state index is 0.161. The summed E-state index contributed by atoms with van der Waals surface area (Å²) in [4.78, 5) is 0. The minimum Gasteiger partial charge on any atom is -0.455 e. The molecule has 2 aliphatic rings. The van der Waals surface area contributed by atoms with Crippen molar-refractivity contribution < 1.29 is 13.6 Å². The molecule has 0 bridgehead atoms. The van der Waals surface area contributed by atoms with Gasteiger partial charge >= 0.3 is 11.5 Å². The molecule has 1 unspecified atom stereocenters. The summed E-state index contributed by atoms with van der Waals surface area (Å²) in [6.07, 6.45) is 3.65. The van der Waals surface area contributed by atoms with E-state index in [1.54, 1.807) is 0 Å². The van der Waals surface area contributed by atoms with E-state index in [4.69, 9.17) is 4.42 Å². The first-order valence-electron chi connectivity index (χ1n) is 21.7. The van der Waals surface area contributed by atoms with E-state index in [2.05, 4.69) is 215 Å². The maximum Gasteiger partial charge on any atom is 0.364 e. The normalized spacial score (nSPS) is 15.7. The fourth-order valence-corrected chi connectivity index (χ4v) is 12.4. The van der Waals surface area contributed by atoms with Crippen LogP contribution in [0.5, 0.6) is 0 Å². The molecule has 1 atom stereocenters. The van der Waals surface area contributed by atoms with Gasteiger partial charge in [-0.3, -0.25) is 0 Å². The molecule has 0 N–H and O–H groups in total. The number of furan rings is 1. The third-order valence-electron chi connectivity index (χ3n) is 13.2. The Balaban J connectivity index is 1.40. The van der Waals surface area contributed by atoms with Gasteiger partial charge in [0.15, 0.2) is 22.8 Å². The van der Waals surface area contributed by atoms with Crippen LogP contribution in [0.2, 0.25) is 19.6 Å². The molecule has 0 radical (unpaired) electrons. The predicted molar refractivity (Wildman–Crippen MR) is 250 cm³/mol. The van der Waals surface area contributed by atoms with Gasteiger partial charge in [-0.2, -0.15) is 4.57 Å². The third kappa shape index (κ3) is 5.02. The number of fused-ring (bicyclic) bond motifs is 16. The first-order valence-corrected chi connectivity index (χ1v) is 25.2. The molecule has 5 heteroatoms. The van der Waals surface area contributed by atoms with Gasteiger partial charge < -0.3 is 4.42 Å². The lowest BCUT2D eigenvalue weighted by atomic mass is 9.83. The first kappa shape index (κ1) is 37.0. The van der Waals surface area contributed by atoms with Crippen LogP contribution < -0.4 is 14.3 Å². The van der Waals surface area contributed by atoms with Crippen LogP contribution in [0.4, 0.5) is 0 Å². The summed E-state index contributed by atoms with van der Waals surface area (Å²) in [6.45, 7) is 21.5. The average molecular weight is 800 g/mol. The summed E-state index contributed by atoms with van der Waals surface area (Å²) in [5.41, 5.74) is 17.2. The van der Waals surface area contributed by atoms with Crippen LogP contribution in [0.3, 0.4) is 0 Å². The van der Waals surface area contributed by atoms with Gasteiger partial charge in [-0.15, -0.1) is 9.13 Å². The van der Waals surface area contributed by atoms with Crippen LogP contribution in [0, 0.1) is 12.8 Å². The highest BCUT2D eigenvalue weighted by Gasteiger charge is 2.67. The number of aromatic nitrogens is 3. The molecule has 1 spiro atoms. The molecule has 0 fully saturated rings. The Morgan fingerprint density at radius 1 is 0.733 bits per heavy atom. The van der Waals surface area contributed by atoms with E-state index < -0.39 is 13.7 Å². The molecule has 0 saturated heterocycles. The summed E-state index contributed by atoms with van der Waals surface area (Å²) in [5.74, 6) is 1.68. The Bertz CT molecular complexity index is 3240. The van der Waals surface area contributed by atoms with Crippen molar-refractivity contribution in [2.75, 3.05) is 0 Å². The Labute approximate surface area is 354 Å². The quantitative estimate of drug-likeness (QED) is 0.126. The monoisotopic (exact) mass is 799 g/mol. The van der Waals surface area contributed by atoms with E-state index in [0.29, 0.717) is 5.92 Å². The van der Waals surface area contributed by atoms with E-state index in [-0.39, 0.29) is 5.41 Å². The minimum atomic E-state index is -1.85. The number of nitrogens with zero attached hydrogens (tertiary/aromatic N) is 3. The molecule has 9 aromatic rings. The van der Waals surface area contributed by atoms with Crippen molar-refractivity contribution in [3.8, 4) is 39.5 Å². The molecule has 11 rings (SSSR count). The Morgan fingerprint density at radius 2 is 1.47 bits per heavy atom. The van der Waals surface area contributed by atoms with Gasteiger partial charge in [-0.25, -0.2) is 0 Å². The number of aryl methyl sites for hydroxylation is 1. The van der Waals surface area contributed by atoms with Gasteiger partial charge in [-0.1, -0.05) is 145 Å². The van der Waals surface area contributed by atoms with Crippen molar-refractivity contribution in [1.82, 2.24) is 4.57 Å². The van der Waals surface area contributed by atoms with Crippen LogP contribution in [0.15, 0.2) is 144 Å². The van der Waals surface area contributed by atoms with Gasteiger partial charge in [-0.05, 0) is 78.3 Å². The smallest absolute Gasteiger partial charge is 0.364 e. The topological polar surface area (TPSA) is 25.8 Å². The highest BCUT2D eigenvalue weighted by Crippen LogP contribution is 2.53. The van der Waals surface area contributed by atoms with Gasteiger partial charge in [0.2, 0.25) is 5.69 Å². The van der Waals surface area contributed by atoms with Crippen LogP contribution in [0.1, 0.15) is 62.4 Å². The van der Waals surface area contributed by atoms with Crippen molar-refractivity contribution in [3.05, 3.63) is 167 Å². The van der Waals surface area contributed by atoms with Crippen molar-refractivity contribution in [1.29, 1.82) is 0 Å². The maximum atomic E-state index is 7.16. The summed E-state index contributed by atoms with van der Waals surface area (Å²) in [6, 6.07) is 50.0. The summed E-state index contributed by atoms with van der Waals surface area (Å²) in [7, 11) is -1.85. The highest BCUT2D eigenvalue weighted by atomic mass is 28.3. The molecule has 3 aromatic heterocycles. The molecule has 60 heavy (non-hydrogen) atoms. The molecular formula is C55H53N3OSi+2. The van der Waals surface area contributed by atoms with Crippen LogP contribution in [-0.4, -0.2) is 12.6 Å². The van der Waals surface area contributed by atoms with Crippen molar-refractivity contribution in [2.24, 2.45) is 5.92 Å². The fraction of sp³-hybridized carbons (Fsp3) is 0.236. The zero-order valence-corrected chi connectivity index (χ0v) is 37.3. The standard InChI is InChI=1S/C55H53N3OSi/c1-34(2)30-37-32-47-41-31-35(3)26-28-42(41)55(56(47)33-49(37)60(7,8)9)43-29-27-40-39-20-13-16-25-48(39)59-52(40)50(43)53-57(45-23-14-15-24-46(45)58(53)55)51-38(36-18-11-10-12-19-36)21-17-22-44(51)54(4,5)6/h10-29,31-34H,30H2,1-9H3/q+2. The highest BCUT2D eigenvalue weighted by molar-refractivity contribution is 6.89. The number of imidazole rings is 1. The first-order chi connectivity index (χ1) is 28.8. The van der Waals surface area contributed by atoms with Gasteiger partial charge in [0.05, 0.1) is 24.8 Å². The van der Waals surface area contributed by atoms with E-state index >= 15 is 0 Å². The zero-order valence-electron chi connectivity index (χ0n) is 36.3. The van der Waals surface area contributed by atoms with Crippen molar-refractivity contribution in [3.63, 3.8) is 0 Å². The number of para-hydroxylation sites is 4. The maximum absolute atomic E-state index is 7.16. The van der Waals surface area contributed by atoms with Gasteiger partial charge in [0, 0.05) is 33.2 Å². The number of hydrogen-bond donors (Lipinski definition) is 0. The van der Waals surface area contributed by atoms with Crippen molar-refractivity contribution in [2.45, 2.75) is 78.7 Å². The van der Waals surface area contributed by atoms with E-state index in [0.717, 1.165) is 39.7 Å². The molecule has 4 nitrogen and oxygen atoms in total. The summed E-state index contributed by atoms with van der Waals surface area (Å²) in [5, 5.41) is 3.80. The molecule has 5 heterocycles. The van der Waals surface area contributed by atoms with E-state index in [1.807, 2.05) is 0 Å². The Kier molecular flexibility index (Phi) is 7.85. The second-order valence-corrected chi connectivity index (χ2v) is 24.8. The third-order valence-corrected chi connectivity index (χ3v) is 15.3. The zero-order chi connectivity index (χ0) is 41.5. The second-order valence-electron chi connectivity index (χ2n) is 19.8. The number of benzene rings is 6. The fourth-order valence-electron chi connectivity index (χ4n) is 10.8. The molecule has 0 amide bonds. The van der Waals surface area contributed by atoms with E-state index in [9.17, 15) is 0 Å². The van der Waals surface area contributed by atoms with Gasteiger partial charge in [0.25, 0.3) is 0 Å². The number of hydrogen-bond acceptors (Lipinski definition) is 1. The lowest BCUT2D eigenvalue weighted by Gasteiger charge is -2.24. The molecule has 6 aromatic carbocycles. The van der Waals surface area contributed by atoms with Crippen LogP contribution >= 0.6 is 0 Å². The second kappa shape index (κ2) is 12.7. The molecule has 2 aliphatic heterocycles. The molecular weight excluding hydrogens is 747 g/mol. The Hall–Kier alpha value is -6.04. The van der Waals surface area contributed by atoms with Crippen LogP contribution in [0.25, 0.3) is 72.4 Å². The lowest BCUT2D eigenvalue weighted by Crippen LogP contribution is -2.72. The molecule has 0 saturated carbocycles. The predicted octanol–water partition coefficient (Wildman–Crippen LogP) is 12.4. The average Bonchev–Trinajstić information content (AvgIpc) is 3.93. The van der Waals surface area contributed by atoms with Gasteiger partial charge in [0.1, 0.15) is 16.8 Å².